The summed E-state index contributed by atoms with van der Waals surface area (Å²) in [6.07, 6.45) is 2.37. The van der Waals surface area contributed by atoms with Crippen molar-refractivity contribution in [3.63, 3.8) is 0 Å². The largest absolute Gasteiger partial charge is 0.295 e. The van der Waals surface area contributed by atoms with Gasteiger partial charge >= 0.3 is 0 Å². The Kier molecular flexibility index (Phi) is 5.11. The van der Waals surface area contributed by atoms with Crippen LogP contribution in [0.25, 0.3) is 11.1 Å². The lowest BCUT2D eigenvalue weighted by atomic mass is 9.96. The second-order valence-corrected chi connectivity index (χ2v) is 8.85. The summed E-state index contributed by atoms with van der Waals surface area (Å²) in [6, 6.07) is 16.0. The summed E-state index contributed by atoms with van der Waals surface area (Å²) in [5, 5.41) is 0. The van der Waals surface area contributed by atoms with Crippen molar-refractivity contribution >= 4 is 21.0 Å². The summed E-state index contributed by atoms with van der Waals surface area (Å²) in [5.74, 6) is 0. The van der Waals surface area contributed by atoms with Crippen molar-refractivity contribution < 1.29 is 8.42 Å². The van der Waals surface area contributed by atoms with Crippen LogP contribution in [0.15, 0.2) is 53.4 Å². The number of benzene rings is 2. The van der Waals surface area contributed by atoms with E-state index < -0.39 is 9.84 Å². The number of aryl methyl sites for hydroxylation is 1. The molecule has 2 aromatic carbocycles. The molecule has 3 nitrogen and oxygen atoms in total. The first-order valence-corrected chi connectivity index (χ1v) is 10.6. The fourth-order valence-corrected chi connectivity index (χ4v) is 3.99. The highest BCUT2D eigenvalue weighted by molar-refractivity contribution is 7.90. The standard InChI is InChI=1S/C21H25NO2S/c1-4-13-22-14-20(17-7-5-16(2)6-8-17)21(15-22)18-9-11-19(12-10-18)25(3,23)24/h5-12H,4,13-15H2,1-3H3. The molecule has 132 valence electrons. The zero-order valence-electron chi connectivity index (χ0n) is 15.1. The van der Waals surface area contributed by atoms with E-state index in [2.05, 4.69) is 43.0 Å². The number of hydrogen-bond donors (Lipinski definition) is 0. The molecule has 0 radical (unpaired) electrons. The van der Waals surface area contributed by atoms with E-state index in [4.69, 9.17) is 0 Å². The van der Waals surface area contributed by atoms with E-state index in [1.165, 1.54) is 28.5 Å². The number of sulfone groups is 1. The average molecular weight is 356 g/mol. The van der Waals surface area contributed by atoms with Gasteiger partial charge in [-0.1, -0.05) is 48.9 Å². The summed E-state index contributed by atoms with van der Waals surface area (Å²) in [7, 11) is -3.16. The molecule has 4 heteroatoms. The molecular formula is C21H25NO2S. The van der Waals surface area contributed by atoms with Gasteiger partial charge in [0.25, 0.3) is 0 Å². The molecule has 0 amide bonds. The van der Waals surface area contributed by atoms with Gasteiger partial charge in [-0.2, -0.15) is 0 Å². The van der Waals surface area contributed by atoms with Crippen LogP contribution < -0.4 is 0 Å². The first kappa shape index (κ1) is 17.9. The lowest BCUT2D eigenvalue weighted by molar-refractivity contribution is 0.359. The van der Waals surface area contributed by atoms with Crippen molar-refractivity contribution in [2.24, 2.45) is 0 Å². The van der Waals surface area contributed by atoms with Gasteiger partial charge in [-0.05, 0) is 54.3 Å². The molecule has 3 rings (SSSR count). The molecule has 0 bridgehead atoms. The van der Waals surface area contributed by atoms with Crippen LogP contribution in [0.3, 0.4) is 0 Å². The summed E-state index contributed by atoms with van der Waals surface area (Å²) in [5.41, 5.74) is 6.28. The van der Waals surface area contributed by atoms with E-state index in [0.29, 0.717) is 4.90 Å². The highest BCUT2D eigenvalue weighted by atomic mass is 32.2. The Bertz CT molecular complexity index is 878. The van der Waals surface area contributed by atoms with E-state index >= 15 is 0 Å². The van der Waals surface area contributed by atoms with Gasteiger partial charge in [0, 0.05) is 19.3 Å². The number of rotatable bonds is 5. The minimum atomic E-state index is -3.16. The minimum Gasteiger partial charge on any atom is -0.295 e. The SMILES string of the molecule is CCCN1CC(c2ccc(C)cc2)=C(c2ccc(S(C)(=O)=O)cc2)C1. The van der Waals surface area contributed by atoms with Crippen LogP contribution in [0, 0.1) is 6.92 Å². The number of hydrogen-bond acceptors (Lipinski definition) is 3. The first-order chi connectivity index (χ1) is 11.9. The fourth-order valence-electron chi connectivity index (χ4n) is 3.36. The van der Waals surface area contributed by atoms with Crippen LogP contribution in [-0.2, 0) is 9.84 Å². The summed E-state index contributed by atoms with van der Waals surface area (Å²) < 4.78 is 23.4. The maximum absolute atomic E-state index is 11.7. The quantitative estimate of drug-likeness (QED) is 0.812. The zero-order chi connectivity index (χ0) is 18.0. The van der Waals surface area contributed by atoms with E-state index in [1.807, 2.05) is 12.1 Å². The van der Waals surface area contributed by atoms with Crippen LogP contribution in [0.1, 0.15) is 30.0 Å². The zero-order valence-corrected chi connectivity index (χ0v) is 15.9. The van der Waals surface area contributed by atoms with Crippen molar-refractivity contribution in [2.75, 3.05) is 25.9 Å². The van der Waals surface area contributed by atoms with Crippen molar-refractivity contribution in [2.45, 2.75) is 25.2 Å². The predicted molar refractivity (Wildman–Crippen MR) is 104 cm³/mol. The Morgan fingerprint density at radius 1 is 0.880 bits per heavy atom. The highest BCUT2D eigenvalue weighted by Crippen LogP contribution is 2.34. The molecule has 1 heterocycles. The normalized spacial score (nSPS) is 15.8. The number of nitrogens with zero attached hydrogens (tertiary/aromatic N) is 1. The molecule has 0 fully saturated rings. The van der Waals surface area contributed by atoms with Crippen molar-refractivity contribution in [1.29, 1.82) is 0 Å². The third-order valence-electron chi connectivity index (χ3n) is 4.70. The van der Waals surface area contributed by atoms with Crippen LogP contribution in [0.4, 0.5) is 0 Å². The van der Waals surface area contributed by atoms with Crippen LogP contribution in [-0.4, -0.2) is 39.2 Å². The molecule has 0 spiro atoms. The van der Waals surface area contributed by atoms with E-state index in [-0.39, 0.29) is 0 Å². The lowest BCUT2D eigenvalue weighted by Gasteiger charge is -2.14. The molecule has 0 saturated carbocycles. The molecule has 2 aromatic rings. The summed E-state index contributed by atoms with van der Waals surface area (Å²) in [4.78, 5) is 2.83. The van der Waals surface area contributed by atoms with Crippen LogP contribution in [0.2, 0.25) is 0 Å². The van der Waals surface area contributed by atoms with Crippen molar-refractivity contribution in [1.82, 2.24) is 4.90 Å². The third kappa shape index (κ3) is 4.02. The van der Waals surface area contributed by atoms with Gasteiger partial charge in [0.1, 0.15) is 0 Å². The van der Waals surface area contributed by atoms with Gasteiger partial charge in [0.05, 0.1) is 4.90 Å². The van der Waals surface area contributed by atoms with Gasteiger partial charge in [-0.3, -0.25) is 4.90 Å². The summed E-state index contributed by atoms with van der Waals surface area (Å²) in [6.45, 7) is 7.22. The average Bonchev–Trinajstić information content (AvgIpc) is 2.99. The van der Waals surface area contributed by atoms with Crippen LogP contribution in [0.5, 0.6) is 0 Å². The van der Waals surface area contributed by atoms with E-state index in [0.717, 1.165) is 31.6 Å². The van der Waals surface area contributed by atoms with Crippen molar-refractivity contribution in [3.8, 4) is 0 Å². The van der Waals surface area contributed by atoms with Crippen LogP contribution >= 0.6 is 0 Å². The molecule has 25 heavy (non-hydrogen) atoms. The van der Waals surface area contributed by atoms with Gasteiger partial charge in [-0.15, -0.1) is 0 Å². The Labute approximate surface area is 150 Å². The van der Waals surface area contributed by atoms with Crippen molar-refractivity contribution in [3.05, 3.63) is 65.2 Å². The molecule has 0 aromatic heterocycles. The fraction of sp³-hybridized carbons (Fsp3) is 0.333. The van der Waals surface area contributed by atoms with Gasteiger partial charge in [-0.25, -0.2) is 8.42 Å². The maximum Gasteiger partial charge on any atom is 0.175 e. The first-order valence-electron chi connectivity index (χ1n) is 8.70. The molecule has 0 aliphatic carbocycles. The minimum absolute atomic E-state index is 0.372. The molecular weight excluding hydrogens is 330 g/mol. The Hall–Kier alpha value is -1.91. The maximum atomic E-state index is 11.7. The highest BCUT2D eigenvalue weighted by Gasteiger charge is 2.23. The molecule has 1 aliphatic heterocycles. The topological polar surface area (TPSA) is 37.4 Å². The van der Waals surface area contributed by atoms with E-state index in [1.54, 1.807) is 12.1 Å². The smallest absolute Gasteiger partial charge is 0.175 e. The molecule has 0 unspecified atom stereocenters. The molecule has 1 aliphatic rings. The molecule has 0 N–H and O–H groups in total. The van der Waals surface area contributed by atoms with Gasteiger partial charge in [0.15, 0.2) is 9.84 Å². The lowest BCUT2D eigenvalue weighted by Crippen LogP contribution is -2.22. The molecule has 0 atom stereocenters. The second-order valence-electron chi connectivity index (χ2n) is 6.83. The van der Waals surface area contributed by atoms with Gasteiger partial charge in [0.2, 0.25) is 0 Å². The second kappa shape index (κ2) is 7.14. The van der Waals surface area contributed by atoms with Gasteiger partial charge < -0.3 is 0 Å². The third-order valence-corrected chi connectivity index (χ3v) is 5.83. The Morgan fingerprint density at radius 3 is 1.80 bits per heavy atom. The summed E-state index contributed by atoms with van der Waals surface area (Å²) >= 11 is 0. The predicted octanol–water partition coefficient (Wildman–Crippen LogP) is 4.03. The molecule has 0 saturated heterocycles. The monoisotopic (exact) mass is 355 g/mol. The Morgan fingerprint density at radius 2 is 1.36 bits per heavy atom. The van der Waals surface area contributed by atoms with E-state index in [9.17, 15) is 8.42 Å². The Balaban J connectivity index is 2.01.